The van der Waals surface area contributed by atoms with Crippen LogP contribution >= 0.6 is 0 Å². The number of nitrogens with two attached hydrogens (primary N) is 1. The minimum Gasteiger partial charge on any atom is -0.508 e. The van der Waals surface area contributed by atoms with E-state index in [4.69, 9.17) is 10.8 Å². The number of amides is 2. The summed E-state index contributed by atoms with van der Waals surface area (Å²) in [5, 5.41) is 8.90. The van der Waals surface area contributed by atoms with Crippen LogP contribution in [0.25, 0.3) is 0 Å². The molecule has 7 heteroatoms. The van der Waals surface area contributed by atoms with Crippen molar-refractivity contribution in [2.24, 2.45) is 5.73 Å². The fourth-order valence-electron chi connectivity index (χ4n) is 0.916. The highest BCUT2D eigenvalue weighted by Gasteiger charge is 2.12. The van der Waals surface area contributed by atoms with E-state index in [0.717, 1.165) is 18.2 Å². The Labute approximate surface area is 89.8 Å². The number of rotatable bonds is 4. The summed E-state index contributed by atoms with van der Waals surface area (Å²) in [6, 6.07) is 3.00. The molecule has 0 aliphatic heterocycles. The number of phenolic OH excluding ortho intramolecular Hbond substituents is 1. The predicted octanol–water partition coefficient (Wildman–Crippen LogP) is -0.322. The number of hydrogen-bond donors (Lipinski definition) is 3. The van der Waals surface area contributed by atoms with Crippen molar-refractivity contribution < 1.29 is 23.9 Å². The lowest BCUT2D eigenvalue weighted by Crippen LogP contribution is -2.29. The number of carbonyl (C=O) groups is 2. The first-order valence-electron chi connectivity index (χ1n) is 4.19. The van der Waals surface area contributed by atoms with Crippen molar-refractivity contribution in [1.29, 1.82) is 0 Å². The smallest absolute Gasteiger partial charge is 0.277 e. The maximum Gasteiger partial charge on any atom is 0.277 e. The average Bonchev–Trinajstić information content (AvgIpc) is 2.16. The van der Waals surface area contributed by atoms with E-state index in [1.165, 1.54) is 0 Å². The minimum atomic E-state index is -0.903. The van der Waals surface area contributed by atoms with Crippen molar-refractivity contribution >= 4 is 11.8 Å². The van der Waals surface area contributed by atoms with Crippen LogP contribution in [0.15, 0.2) is 18.2 Å². The average molecular weight is 228 g/mol. The van der Waals surface area contributed by atoms with E-state index in [1.807, 2.05) is 5.48 Å². The zero-order valence-corrected chi connectivity index (χ0v) is 8.07. The molecule has 0 heterocycles. The van der Waals surface area contributed by atoms with Crippen LogP contribution in [-0.4, -0.2) is 23.5 Å². The molecule has 0 bridgehead atoms. The van der Waals surface area contributed by atoms with Crippen LogP contribution in [0.3, 0.4) is 0 Å². The van der Waals surface area contributed by atoms with E-state index in [-0.39, 0.29) is 11.3 Å². The SMILES string of the molecule is NC(=O)CONC(=O)c1ccc(O)cc1F. The van der Waals surface area contributed by atoms with Gasteiger partial charge in [0, 0.05) is 6.07 Å². The van der Waals surface area contributed by atoms with Gasteiger partial charge in [-0.05, 0) is 12.1 Å². The van der Waals surface area contributed by atoms with E-state index in [1.54, 1.807) is 0 Å². The number of carbonyl (C=O) groups excluding carboxylic acids is 2. The fourth-order valence-corrected chi connectivity index (χ4v) is 0.916. The van der Waals surface area contributed by atoms with Crippen molar-refractivity contribution in [3.8, 4) is 5.75 Å². The number of aromatic hydroxyl groups is 1. The Morgan fingerprint density at radius 1 is 1.50 bits per heavy atom. The number of phenols is 1. The molecule has 4 N–H and O–H groups in total. The monoisotopic (exact) mass is 228 g/mol. The molecule has 0 aromatic heterocycles. The molecule has 0 aliphatic rings. The topological polar surface area (TPSA) is 102 Å². The number of hydroxylamine groups is 1. The molecule has 0 fully saturated rings. The van der Waals surface area contributed by atoms with Gasteiger partial charge in [-0.2, -0.15) is 0 Å². The molecule has 0 atom stereocenters. The summed E-state index contributed by atoms with van der Waals surface area (Å²) in [6.45, 7) is -0.508. The fraction of sp³-hybridized carbons (Fsp3) is 0.111. The first-order valence-corrected chi connectivity index (χ1v) is 4.19. The van der Waals surface area contributed by atoms with E-state index < -0.39 is 24.2 Å². The molecule has 1 rings (SSSR count). The van der Waals surface area contributed by atoms with Crippen LogP contribution in [0, 0.1) is 5.82 Å². The quantitative estimate of drug-likeness (QED) is 0.614. The van der Waals surface area contributed by atoms with Crippen LogP contribution in [0.5, 0.6) is 5.75 Å². The standard InChI is InChI=1S/C9H9FN2O4/c10-7-3-5(13)1-2-6(7)9(15)12-16-4-8(11)14/h1-3,13H,4H2,(H2,11,14)(H,12,15). The van der Waals surface area contributed by atoms with Gasteiger partial charge in [-0.1, -0.05) is 0 Å². The van der Waals surface area contributed by atoms with Gasteiger partial charge in [-0.15, -0.1) is 0 Å². The highest BCUT2D eigenvalue weighted by atomic mass is 19.1. The second kappa shape index (κ2) is 5.08. The maximum absolute atomic E-state index is 13.1. The Balaban J connectivity index is 2.63. The van der Waals surface area contributed by atoms with Gasteiger partial charge < -0.3 is 10.8 Å². The molecule has 16 heavy (non-hydrogen) atoms. The summed E-state index contributed by atoms with van der Waals surface area (Å²) < 4.78 is 13.1. The van der Waals surface area contributed by atoms with Gasteiger partial charge in [-0.25, -0.2) is 9.87 Å². The van der Waals surface area contributed by atoms with Crippen LogP contribution in [0.1, 0.15) is 10.4 Å². The highest BCUT2D eigenvalue weighted by Crippen LogP contribution is 2.14. The molecule has 0 saturated carbocycles. The lowest BCUT2D eigenvalue weighted by Gasteiger charge is -2.05. The van der Waals surface area contributed by atoms with Gasteiger partial charge in [0.2, 0.25) is 5.91 Å². The van der Waals surface area contributed by atoms with Crippen molar-refractivity contribution in [3.05, 3.63) is 29.6 Å². The molecule has 2 amide bonds. The van der Waals surface area contributed by atoms with E-state index in [2.05, 4.69) is 4.84 Å². The normalized spacial score (nSPS) is 9.81. The summed E-state index contributed by atoms with van der Waals surface area (Å²) in [4.78, 5) is 25.9. The van der Waals surface area contributed by atoms with Gasteiger partial charge in [0.15, 0.2) is 6.61 Å². The van der Waals surface area contributed by atoms with Crippen LogP contribution < -0.4 is 11.2 Å². The van der Waals surface area contributed by atoms with Crippen LogP contribution in [-0.2, 0) is 9.63 Å². The summed E-state index contributed by atoms with van der Waals surface area (Å²) >= 11 is 0. The molecule has 0 radical (unpaired) electrons. The predicted molar refractivity (Wildman–Crippen MR) is 50.7 cm³/mol. The second-order valence-electron chi connectivity index (χ2n) is 2.85. The maximum atomic E-state index is 13.1. The molecule has 6 nitrogen and oxygen atoms in total. The Hall–Kier alpha value is -2.15. The zero-order chi connectivity index (χ0) is 12.1. The number of nitrogens with one attached hydrogen (secondary N) is 1. The largest absolute Gasteiger partial charge is 0.508 e. The Kier molecular flexibility index (Phi) is 3.78. The van der Waals surface area contributed by atoms with Gasteiger partial charge in [0.25, 0.3) is 5.91 Å². The van der Waals surface area contributed by atoms with E-state index in [0.29, 0.717) is 0 Å². The molecule has 0 spiro atoms. The molecule has 86 valence electrons. The van der Waals surface area contributed by atoms with E-state index >= 15 is 0 Å². The molecule has 0 aliphatic carbocycles. The van der Waals surface area contributed by atoms with Gasteiger partial charge in [0.05, 0.1) is 5.56 Å². The number of primary amides is 1. The lowest BCUT2D eigenvalue weighted by atomic mass is 10.2. The summed E-state index contributed by atoms with van der Waals surface area (Å²) in [5.74, 6) is -2.85. The molecule has 1 aromatic carbocycles. The van der Waals surface area contributed by atoms with Gasteiger partial charge >= 0.3 is 0 Å². The number of benzene rings is 1. The third-order valence-electron chi connectivity index (χ3n) is 1.58. The third-order valence-corrected chi connectivity index (χ3v) is 1.58. The first-order chi connectivity index (χ1) is 7.50. The second-order valence-corrected chi connectivity index (χ2v) is 2.85. The van der Waals surface area contributed by atoms with Crippen molar-refractivity contribution in [2.75, 3.05) is 6.61 Å². The van der Waals surface area contributed by atoms with Crippen molar-refractivity contribution in [2.45, 2.75) is 0 Å². The van der Waals surface area contributed by atoms with E-state index in [9.17, 15) is 14.0 Å². The number of halogens is 1. The Morgan fingerprint density at radius 2 is 2.19 bits per heavy atom. The first kappa shape index (κ1) is 11.9. The van der Waals surface area contributed by atoms with Crippen molar-refractivity contribution in [1.82, 2.24) is 5.48 Å². The third kappa shape index (κ3) is 3.21. The Morgan fingerprint density at radius 3 is 2.75 bits per heavy atom. The molecule has 1 aromatic rings. The number of hydrogen-bond acceptors (Lipinski definition) is 4. The molecular weight excluding hydrogens is 219 g/mol. The molecular formula is C9H9FN2O4. The summed E-state index contributed by atoms with van der Waals surface area (Å²) in [7, 11) is 0. The van der Waals surface area contributed by atoms with Gasteiger partial charge in [-0.3, -0.25) is 14.4 Å². The highest BCUT2D eigenvalue weighted by molar-refractivity contribution is 5.94. The summed E-state index contributed by atoms with van der Waals surface area (Å²) in [5.41, 5.74) is 6.26. The minimum absolute atomic E-state index is 0.299. The summed E-state index contributed by atoms with van der Waals surface area (Å²) in [6.07, 6.45) is 0. The van der Waals surface area contributed by atoms with Crippen molar-refractivity contribution in [3.63, 3.8) is 0 Å². The lowest BCUT2D eigenvalue weighted by molar-refractivity contribution is -0.124. The Bertz CT molecular complexity index is 422. The molecule has 0 unspecified atom stereocenters. The van der Waals surface area contributed by atoms with Crippen LogP contribution in [0.4, 0.5) is 4.39 Å². The van der Waals surface area contributed by atoms with Gasteiger partial charge in [0.1, 0.15) is 11.6 Å². The zero-order valence-electron chi connectivity index (χ0n) is 8.07. The molecule has 0 saturated heterocycles. The van der Waals surface area contributed by atoms with Crippen LogP contribution in [0.2, 0.25) is 0 Å².